The number of carbonyl (C=O) groups is 1. The fraction of sp³-hybridized carbons (Fsp3) is 0.294. The summed E-state index contributed by atoms with van der Waals surface area (Å²) in [5.74, 6) is 1.90. The number of hydrogen-bond acceptors (Lipinski definition) is 5. The number of rotatable bonds is 4. The minimum Gasteiger partial charge on any atom is -0.497 e. The van der Waals surface area contributed by atoms with Crippen molar-refractivity contribution in [3.8, 4) is 11.5 Å². The van der Waals surface area contributed by atoms with Crippen molar-refractivity contribution >= 4 is 11.6 Å². The van der Waals surface area contributed by atoms with Gasteiger partial charge in [0.2, 0.25) is 5.91 Å². The molecule has 0 bridgehead atoms. The smallest absolute Gasteiger partial charge is 0.240 e. The van der Waals surface area contributed by atoms with Gasteiger partial charge in [0.05, 0.1) is 26.5 Å². The predicted octanol–water partition coefficient (Wildman–Crippen LogP) is 2.99. The van der Waals surface area contributed by atoms with Crippen molar-refractivity contribution in [3.63, 3.8) is 0 Å². The van der Waals surface area contributed by atoms with Crippen molar-refractivity contribution in [2.45, 2.75) is 19.4 Å². The van der Waals surface area contributed by atoms with Crippen LogP contribution < -0.4 is 9.47 Å². The summed E-state index contributed by atoms with van der Waals surface area (Å²) in [7, 11) is 3.20. The minimum absolute atomic E-state index is 0.130. The third-order valence-electron chi connectivity index (χ3n) is 3.84. The summed E-state index contributed by atoms with van der Waals surface area (Å²) < 4.78 is 16.1. The topological polar surface area (TPSA) is 64.3 Å². The number of hydrazone groups is 1. The Morgan fingerprint density at radius 1 is 1.30 bits per heavy atom. The van der Waals surface area contributed by atoms with Gasteiger partial charge in [0.1, 0.15) is 23.0 Å². The molecule has 0 aliphatic carbocycles. The number of ether oxygens (including phenoxy) is 2. The van der Waals surface area contributed by atoms with Gasteiger partial charge in [-0.05, 0) is 24.3 Å². The first-order valence-corrected chi connectivity index (χ1v) is 7.27. The van der Waals surface area contributed by atoms with Gasteiger partial charge in [0.25, 0.3) is 0 Å². The van der Waals surface area contributed by atoms with Gasteiger partial charge in [-0.25, -0.2) is 5.01 Å². The molecule has 0 spiro atoms. The lowest BCUT2D eigenvalue weighted by molar-refractivity contribution is -0.130. The molecule has 2 aromatic rings. The van der Waals surface area contributed by atoms with Crippen LogP contribution in [-0.2, 0) is 4.79 Å². The van der Waals surface area contributed by atoms with E-state index in [2.05, 4.69) is 5.10 Å². The van der Waals surface area contributed by atoms with Crippen LogP contribution in [0.2, 0.25) is 0 Å². The molecule has 0 fully saturated rings. The maximum Gasteiger partial charge on any atom is 0.240 e. The molecular formula is C17H18N2O4. The summed E-state index contributed by atoms with van der Waals surface area (Å²) in [5, 5.41) is 5.90. The number of furan rings is 1. The van der Waals surface area contributed by atoms with Crippen molar-refractivity contribution < 1.29 is 18.7 Å². The van der Waals surface area contributed by atoms with Crippen LogP contribution in [0.25, 0.3) is 0 Å². The summed E-state index contributed by atoms with van der Waals surface area (Å²) >= 11 is 0. The normalized spacial score (nSPS) is 17.1. The first-order valence-electron chi connectivity index (χ1n) is 7.27. The van der Waals surface area contributed by atoms with Crippen molar-refractivity contribution in [1.82, 2.24) is 5.01 Å². The molecule has 1 aromatic heterocycles. The molecule has 1 atom stereocenters. The van der Waals surface area contributed by atoms with Crippen molar-refractivity contribution in [2.75, 3.05) is 14.2 Å². The molecule has 0 unspecified atom stereocenters. The Bertz CT molecular complexity index is 737. The maximum atomic E-state index is 12.0. The number of methoxy groups -OCH3 is 2. The number of carbonyl (C=O) groups excluding carboxylic acids is 1. The Balaban J connectivity index is 1.98. The molecule has 120 valence electrons. The molecule has 0 N–H and O–H groups in total. The van der Waals surface area contributed by atoms with Crippen LogP contribution in [0.5, 0.6) is 11.5 Å². The Labute approximate surface area is 134 Å². The summed E-state index contributed by atoms with van der Waals surface area (Å²) in [6.07, 6.45) is 2.16. The van der Waals surface area contributed by atoms with Crippen LogP contribution in [0.3, 0.4) is 0 Å². The Morgan fingerprint density at radius 2 is 2.13 bits per heavy atom. The van der Waals surface area contributed by atoms with E-state index in [0.29, 0.717) is 23.7 Å². The van der Waals surface area contributed by atoms with Crippen LogP contribution in [0.4, 0.5) is 0 Å². The van der Waals surface area contributed by atoms with E-state index in [0.717, 1.165) is 11.3 Å². The fourth-order valence-corrected chi connectivity index (χ4v) is 2.73. The zero-order valence-electron chi connectivity index (χ0n) is 13.3. The molecule has 6 heteroatoms. The molecule has 1 aliphatic heterocycles. The van der Waals surface area contributed by atoms with Gasteiger partial charge in [-0.15, -0.1) is 0 Å². The van der Waals surface area contributed by atoms with E-state index < -0.39 is 0 Å². The van der Waals surface area contributed by atoms with Gasteiger partial charge in [0.15, 0.2) is 0 Å². The fourth-order valence-electron chi connectivity index (χ4n) is 2.73. The second kappa shape index (κ2) is 6.16. The molecule has 0 saturated heterocycles. The van der Waals surface area contributed by atoms with Crippen molar-refractivity contribution in [2.24, 2.45) is 5.10 Å². The van der Waals surface area contributed by atoms with E-state index >= 15 is 0 Å². The van der Waals surface area contributed by atoms with Crippen molar-refractivity contribution in [3.05, 3.63) is 47.9 Å². The third kappa shape index (κ3) is 2.79. The second-order valence-corrected chi connectivity index (χ2v) is 5.22. The highest BCUT2D eigenvalue weighted by Gasteiger charge is 2.34. The van der Waals surface area contributed by atoms with E-state index in [9.17, 15) is 4.79 Å². The van der Waals surface area contributed by atoms with Crippen LogP contribution >= 0.6 is 0 Å². The highest BCUT2D eigenvalue weighted by Crippen LogP contribution is 2.38. The molecular weight excluding hydrogens is 296 g/mol. The number of benzene rings is 1. The molecule has 2 heterocycles. The first kappa shape index (κ1) is 15.1. The molecule has 1 aromatic carbocycles. The van der Waals surface area contributed by atoms with Gasteiger partial charge in [0, 0.05) is 25.0 Å². The van der Waals surface area contributed by atoms with Gasteiger partial charge in [-0.3, -0.25) is 4.79 Å². The zero-order valence-corrected chi connectivity index (χ0v) is 13.3. The van der Waals surface area contributed by atoms with E-state index in [1.54, 1.807) is 32.6 Å². The minimum atomic E-state index is -0.228. The van der Waals surface area contributed by atoms with E-state index in [4.69, 9.17) is 13.9 Å². The largest absolute Gasteiger partial charge is 0.497 e. The standard InChI is InChI=1S/C17H18N2O4/c1-11(20)19-15(10-14(18-19)16-5-4-8-23-16)13-7-6-12(21-2)9-17(13)22-3/h4-9,15H,10H2,1-3H3/t15-/m0/s1. The summed E-state index contributed by atoms with van der Waals surface area (Å²) in [4.78, 5) is 12.0. The summed E-state index contributed by atoms with van der Waals surface area (Å²) in [6.45, 7) is 1.50. The van der Waals surface area contributed by atoms with E-state index in [1.807, 2.05) is 18.2 Å². The van der Waals surface area contributed by atoms with Crippen LogP contribution in [0.15, 0.2) is 46.1 Å². The Kier molecular flexibility index (Phi) is 4.06. The molecule has 6 nitrogen and oxygen atoms in total. The predicted molar refractivity (Wildman–Crippen MR) is 84.7 cm³/mol. The Morgan fingerprint density at radius 3 is 2.74 bits per heavy atom. The maximum absolute atomic E-state index is 12.0. The van der Waals surface area contributed by atoms with E-state index in [1.165, 1.54) is 11.9 Å². The quantitative estimate of drug-likeness (QED) is 0.870. The average Bonchev–Trinajstić information content (AvgIpc) is 3.23. The first-order chi connectivity index (χ1) is 11.1. The number of hydrogen-bond donors (Lipinski definition) is 0. The van der Waals surface area contributed by atoms with Gasteiger partial charge in [-0.1, -0.05) is 0 Å². The lowest BCUT2D eigenvalue weighted by atomic mass is 9.99. The molecule has 0 saturated carbocycles. The number of nitrogens with zero attached hydrogens (tertiary/aromatic N) is 2. The third-order valence-corrected chi connectivity index (χ3v) is 3.84. The second-order valence-electron chi connectivity index (χ2n) is 5.22. The van der Waals surface area contributed by atoms with Gasteiger partial charge >= 0.3 is 0 Å². The molecule has 1 amide bonds. The highest BCUT2D eigenvalue weighted by atomic mass is 16.5. The Hall–Kier alpha value is -2.76. The van der Waals surface area contributed by atoms with E-state index in [-0.39, 0.29) is 11.9 Å². The monoisotopic (exact) mass is 314 g/mol. The summed E-state index contributed by atoms with van der Waals surface area (Å²) in [6, 6.07) is 8.97. The van der Waals surface area contributed by atoms with Crippen molar-refractivity contribution in [1.29, 1.82) is 0 Å². The SMILES string of the molecule is COc1ccc([C@@H]2CC(c3ccco3)=NN2C(C)=O)c(OC)c1. The van der Waals surface area contributed by atoms with Crippen LogP contribution in [0.1, 0.15) is 30.7 Å². The van der Waals surface area contributed by atoms with Crippen LogP contribution in [-0.4, -0.2) is 30.8 Å². The lowest BCUT2D eigenvalue weighted by Crippen LogP contribution is -2.24. The van der Waals surface area contributed by atoms with Crippen LogP contribution in [0, 0.1) is 0 Å². The molecule has 0 radical (unpaired) electrons. The van der Waals surface area contributed by atoms with Gasteiger partial charge in [-0.2, -0.15) is 5.10 Å². The highest BCUT2D eigenvalue weighted by molar-refractivity contribution is 6.01. The molecule has 3 rings (SSSR count). The molecule has 1 aliphatic rings. The molecule has 23 heavy (non-hydrogen) atoms. The van der Waals surface area contributed by atoms with Gasteiger partial charge < -0.3 is 13.9 Å². The lowest BCUT2D eigenvalue weighted by Gasteiger charge is -2.22. The zero-order chi connectivity index (χ0) is 16.4. The number of amides is 1. The average molecular weight is 314 g/mol. The summed E-state index contributed by atoms with van der Waals surface area (Å²) in [5.41, 5.74) is 1.63.